The summed E-state index contributed by atoms with van der Waals surface area (Å²) in [5.41, 5.74) is 0. The molecule has 15 heavy (non-hydrogen) atoms. The molecule has 0 bridgehead atoms. The van der Waals surface area contributed by atoms with Gasteiger partial charge in [0.1, 0.15) is 0 Å². The van der Waals surface area contributed by atoms with Crippen LogP contribution < -0.4 is 0 Å². The first-order valence-electron chi connectivity index (χ1n) is 6.88. The van der Waals surface area contributed by atoms with Crippen molar-refractivity contribution in [1.29, 1.82) is 0 Å². The van der Waals surface area contributed by atoms with Crippen LogP contribution in [-0.2, 0) is 0 Å². The standard InChI is InChI=1S/C14H25Br/c1-3-11-6-4-5-7-13(11)12-8-9-14(15)10(12)2/h10-14H,3-9H2,1-2H3. The minimum Gasteiger partial charge on any atom is -0.0888 e. The Labute approximate surface area is 103 Å². The fourth-order valence-electron chi connectivity index (χ4n) is 4.06. The van der Waals surface area contributed by atoms with Gasteiger partial charge in [0.25, 0.3) is 0 Å². The molecular formula is C14H25Br. The minimum atomic E-state index is 0.807. The van der Waals surface area contributed by atoms with Crippen molar-refractivity contribution in [2.75, 3.05) is 0 Å². The summed E-state index contributed by atoms with van der Waals surface area (Å²) >= 11 is 3.85. The van der Waals surface area contributed by atoms with E-state index in [4.69, 9.17) is 0 Å². The van der Waals surface area contributed by atoms with E-state index in [2.05, 4.69) is 29.8 Å². The predicted octanol–water partition coefficient (Wildman–Crippen LogP) is 5.01. The summed E-state index contributed by atoms with van der Waals surface area (Å²) < 4.78 is 0. The maximum absolute atomic E-state index is 3.85. The largest absolute Gasteiger partial charge is 0.0888 e. The highest BCUT2D eigenvalue weighted by molar-refractivity contribution is 9.09. The highest BCUT2D eigenvalue weighted by Gasteiger charge is 2.39. The fraction of sp³-hybridized carbons (Fsp3) is 1.00. The SMILES string of the molecule is CCC1CCCCC1C1CCC(Br)C1C. The maximum atomic E-state index is 3.85. The molecule has 0 heterocycles. The van der Waals surface area contributed by atoms with Crippen LogP contribution in [0.2, 0.25) is 0 Å². The lowest BCUT2D eigenvalue weighted by molar-refractivity contribution is 0.134. The van der Waals surface area contributed by atoms with E-state index in [1.165, 1.54) is 44.9 Å². The summed E-state index contributed by atoms with van der Waals surface area (Å²) in [6.07, 6.45) is 10.3. The van der Waals surface area contributed by atoms with Crippen molar-refractivity contribution in [3.8, 4) is 0 Å². The molecule has 2 aliphatic carbocycles. The van der Waals surface area contributed by atoms with E-state index in [0.717, 1.165) is 28.5 Å². The van der Waals surface area contributed by atoms with E-state index in [1.807, 2.05) is 0 Å². The molecule has 0 N–H and O–H groups in total. The van der Waals surface area contributed by atoms with E-state index >= 15 is 0 Å². The first kappa shape index (κ1) is 12.0. The molecule has 0 aromatic rings. The number of alkyl halides is 1. The van der Waals surface area contributed by atoms with Crippen LogP contribution in [0.25, 0.3) is 0 Å². The van der Waals surface area contributed by atoms with Gasteiger partial charge in [0.05, 0.1) is 0 Å². The normalized spacial score (nSPS) is 47.0. The molecule has 0 spiro atoms. The van der Waals surface area contributed by atoms with Crippen LogP contribution >= 0.6 is 15.9 Å². The van der Waals surface area contributed by atoms with Crippen LogP contribution in [0, 0.1) is 23.7 Å². The van der Waals surface area contributed by atoms with Crippen LogP contribution in [0.1, 0.15) is 58.8 Å². The molecule has 5 atom stereocenters. The number of rotatable bonds is 2. The highest BCUT2D eigenvalue weighted by Crippen LogP contribution is 2.48. The summed E-state index contributed by atoms with van der Waals surface area (Å²) in [7, 11) is 0. The molecule has 0 aromatic heterocycles. The first-order valence-corrected chi connectivity index (χ1v) is 7.79. The van der Waals surface area contributed by atoms with Gasteiger partial charge in [0, 0.05) is 4.83 Å². The van der Waals surface area contributed by atoms with Crippen molar-refractivity contribution < 1.29 is 0 Å². The molecule has 2 rings (SSSR count). The third-order valence-corrected chi connectivity index (χ3v) is 6.36. The molecule has 2 saturated carbocycles. The molecule has 0 amide bonds. The second-order valence-corrected chi connectivity index (χ2v) is 6.91. The van der Waals surface area contributed by atoms with Gasteiger partial charge in [-0.2, -0.15) is 0 Å². The van der Waals surface area contributed by atoms with Gasteiger partial charge in [0.2, 0.25) is 0 Å². The van der Waals surface area contributed by atoms with Crippen LogP contribution in [0.4, 0.5) is 0 Å². The van der Waals surface area contributed by atoms with Gasteiger partial charge in [-0.25, -0.2) is 0 Å². The monoisotopic (exact) mass is 272 g/mol. The minimum absolute atomic E-state index is 0.807. The molecule has 5 unspecified atom stereocenters. The Bertz CT molecular complexity index is 202. The van der Waals surface area contributed by atoms with Gasteiger partial charge >= 0.3 is 0 Å². The molecular weight excluding hydrogens is 248 g/mol. The molecule has 1 heteroatoms. The second-order valence-electron chi connectivity index (χ2n) is 5.73. The summed E-state index contributed by atoms with van der Waals surface area (Å²) in [5, 5.41) is 0. The third kappa shape index (κ3) is 2.43. The highest BCUT2D eigenvalue weighted by atomic mass is 79.9. The van der Waals surface area contributed by atoms with E-state index < -0.39 is 0 Å². The zero-order valence-corrected chi connectivity index (χ0v) is 11.8. The van der Waals surface area contributed by atoms with Gasteiger partial charge in [-0.15, -0.1) is 0 Å². The van der Waals surface area contributed by atoms with Crippen LogP contribution in [-0.4, -0.2) is 4.83 Å². The van der Waals surface area contributed by atoms with E-state index in [-0.39, 0.29) is 0 Å². The van der Waals surface area contributed by atoms with Crippen LogP contribution in [0.5, 0.6) is 0 Å². The smallest absolute Gasteiger partial charge is 0.0174 e. The van der Waals surface area contributed by atoms with Gasteiger partial charge in [-0.05, 0) is 42.9 Å². The lowest BCUT2D eigenvalue weighted by atomic mass is 9.69. The topological polar surface area (TPSA) is 0 Å². The van der Waals surface area contributed by atoms with Crippen molar-refractivity contribution in [2.24, 2.45) is 23.7 Å². The lowest BCUT2D eigenvalue weighted by Gasteiger charge is -2.37. The summed E-state index contributed by atoms with van der Waals surface area (Å²) in [6.45, 7) is 4.87. The van der Waals surface area contributed by atoms with Crippen molar-refractivity contribution in [3.05, 3.63) is 0 Å². The molecule has 2 fully saturated rings. The first-order chi connectivity index (χ1) is 7.24. The average molecular weight is 273 g/mol. The Morgan fingerprint density at radius 3 is 2.33 bits per heavy atom. The van der Waals surface area contributed by atoms with Crippen molar-refractivity contribution in [1.82, 2.24) is 0 Å². The van der Waals surface area contributed by atoms with Crippen molar-refractivity contribution >= 4 is 15.9 Å². The molecule has 0 radical (unpaired) electrons. The zero-order chi connectivity index (χ0) is 10.8. The maximum Gasteiger partial charge on any atom is 0.0174 e. The number of halogens is 1. The Balaban J connectivity index is 2.01. The molecule has 0 aliphatic heterocycles. The predicted molar refractivity (Wildman–Crippen MR) is 70.3 cm³/mol. The number of hydrogen-bond donors (Lipinski definition) is 0. The Kier molecular flexibility index (Phi) is 4.15. The van der Waals surface area contributed by atoms with E-state index in [1.54, 1.807) is 0 Å². The van der Waals surface area contributed by atoms with E-state index in [0.29, 0.717) is 0 Å². The van der Waals surface area contributed by atoms with Gasteiger partial charge in [-0.3, -0.25) is 0 Å². The summed E-state index contributed by atoms with van der Waals surface area (Å²) in [5.74, 6) is 4.05. The number of hydrogen-bond acceptors (Lipinski definition) is 0. The Morgan fingerprint density at radius 1 is 1.00 bits per heavy atom. The molecule has 0 saturated heterocycles. The van der Waals surface area contributed by atoms with Crippen molar-refractivity contribution in [3.63, 3.8) is 0 Å². The fourth-order valence-corrected chi connectivity index (χ4v) is 4.71. The summed E-state index contributed by atoms with van der Waals surface area (Å²) in [4.78, 5) is 0.807. The Morgan fingerprint density at radius 2 is 1.73 bits per heavy atom. The third-order valence-electron chi connectivity index (χ3n) is 5.06. The van der Waals surface area contributed by atoms with E-state index in [9.17, 15) is 0 Å². The van der Waals surface area contributed by atoms with Gasteiger partial charge < -0.3 is 0 Å². The van der Waals surface area contributed by atoms with Crippen LogP contribution in [0.15, 0.2) is 0 Å². The van der Waals surface area contributed by atoms with Gasteiger partial charge in [-0.1, -0.05) is 55.5 Å². The Hall–Kier alpha value is 0.480. The lowest BCUT2D eigenvalue weighted by Crippen LogP contribution is -2.29. The van der Waals surface area contributed by atoms with Crippen molar-refractivity contribution in [2.45, 2.75) is 63.6 Å². The quantitative estimate of drug-likeness (QED) is 0.620. The molecule has 0 aromatic carbocycles. The van der Waals surface area contributed by atoms with Gasteiger partial charge in [0.15, 0.2) is 0 Å². The zero-order valence-electron chi connectivity index (χ0n) is 10.2. The second kappa shape index (κ2) is 5.21. The average Bonchev–Trinajstić information content (AvgIpc) is 2.60. The molecule has 2 aliphatic rings. The molecule has 88 valence electrons. The summed E-state index contributed by atoms with van der Waals surface area (Å²) in [6, 6.07) is 0. The van der Waals surface area contributed by atoms with Crippen LogP contribution in [0.3, 0.4) is 0 Å². The molecule has 0 nitrogen and oxygen atoms in total.